The number of amides is 2. The van der Waals surface area contributed by atoms with E-state index in [2.05, 4.69) is 10.6 Å². The summed E-state index contributed by atoms with van der Waals surface area (Å²) in [5, 5.41) is 7.65. The highest BCUT2D eigenvalue weighted by Gasteiger charge is 2.17. The third-order valence-electron chi connectivity index (χ3n) is 5.57. The number of ether oxygens (including phenoxy) is 2. The molecule has 0 radical (unpaired) electrons. The molecule has 4 aromatic carbocycles. The van der Waals surface area contributed by atoms with Crippen LogP contribution in [0, 0.1) is 6.92 Å². The van der Waals surface area contributed by atoms with E-state index in [1.807, 2.05) is 73.7 Å². The van der Waals surface area contributed by atoms with E-state index in [4.69, 9.17) is 9.47 Å². The second kappa shape index (κ2) is 10.6. The molecule has 0 unspecified atom stereocenters. The van der Waals surface area contributed by atoms with Gasteiger partial charge in [0.25, 0.3) is 11.8 Å². The highest BCUT2D eigenvalue weighted by molar-refractivity contribution is 6.11. The minimum atomic E-state index is -0.448. The minimum absolute atomic E-state index is 0.113. The van der Waals surface area contributed by atoms with Crippen molar-refractivity contribution in [2.45, 2.75) is 6.92 Å². The molecule has 0 spiro atoms. The zero-order chi connectivity index (χ0) is 24.8. The lowest BCUT2D eigenvalue weighted by atomic mass is 10.0. The van der Waals surface area contributed by atoms with Crippen LogP contribution in [0.4, 0.5) is 5.69 Å². The molecule has 4 rings (SSSR count). The summed E-state index contributed by atoms with van der Waals surface area (Å²) in [4.78, 5) is 26.4. The first-order valence-electron chi connectivity index (χ1n) is 11.1. The highest BCUT2D eigenvalue weighted by Crippen LogP contribution is 2.28. The number of nitrogens with one attached hydrogen (secondary N) is 2. The molecule has 0 bridgehead atoms. The number of anilines is 1. The number of fused-ring (bicyclic) bond motifs is 1. The van der Waals surface area contributed by atoms with E-state index in [0.29, 0.717) is 22.7 Å². The minimum Gasteiger partial charge on any atom is -0.493 e. The van der Waals surface area contributed by atoms with Gasteiger partial charge in [-0.15, -0.1) is 0 Å². The van der Waals surface area contributed by atoms with Crippen molar-refractivity contribution in [3.63, 3.8) is 0 Å². The summed E-state index contributed by atoms with van der Waals surface area (Å²) in [6.45, 7) is 1.97. The van der Waals surface area contributed by atoms with Crippen LogP contribution in [0.1, 0.15) is 21.5 Å². The average molecular weight is 467 g/mol. The quantitative estimate of drug-likeness (QED) is 0.349. The number of hydrogen-bond donors (Lipinski definition) is 2. The van der Waals surface area contributed by atoms with E-state index in [0.717, 1.165) is 21.9 Å². The molecule has 0 saturated carbocycles. The topological polar surface area (TPSA) is 76.7 Å². The Morgan fingerprint density at radius 2 is 1.51 bits per heavy atom. The van der Waals surface area contributed by atoms with Crippen LogP contribution in [0.25, 0.3) is 16.8 Å². The maximum Gasteiger partial charge on any atom is 0.272 e. The summed E-state index contributed by atoms with van der Waals surface area (Å²) >= 11 is 0. The van der Waals surface area contributed by atoms with Crippen molar-refractivity contribution in [1.29, 1.82) is 0 Å². The van der Waals surface area contributed by atoms with Crippen LogP contribution in [0.5, 0.6) is 11.5 Å². The van der Waals surface area contributed by atoms with Crippen LogP contribution in [0.3, 0.4) is 0 Å². The van der Waals surface area contributed by atoms with Gasteiger partial charge in [0, 0.05) is 11.3 Å². The molecule has 0 heterocycles. The standard InChI is InChI=1S/C29H26N2O4/c1-19-11-14-23(15-12-19)30-29(33)25(17-21-9-6-8-20-7-4-5-10-24(20)21)31-28(32)22-13-16-26(34-2)27(18-22)35-3/h4-18H,1-3H3,(H,30,33)(H,31,32)/b25-17-. The lowest BCUT2D eigenvalue weighted by molar-refractivity contribution is -0.113. The highest BCUT2D eigenvalue weighted by atomic mass is 16.5. The Kier molecular flexibility index (Phi) is 7.12. The molecule has 0 atom stereocenters. The van der Waals surface area contributed by atoms with Crippen LogP contribution in [-0.4, -0.2) is 26.0 Å². The second-order valence-electron chi connectivity index (χ2n) is 7.97. The van der Waals surface area contributed by atoms with Crippen LogP contribution < -0.4 is 20.1 Å². The third kappa shape index (κ3) is 5.50. The van der Waals surface area contributed by atoms with E-state index < -0.39 is 11.8 Å². The second-order valence-corrected chi connectivity index (χ2v) is 7.97. The largest absolute Gasteiger partial charge is 0.493 e. The molecular weight excluding hydrogens is 440 g/mol. The van der Waals surface area contributed by atoms with Crippen molar-refractivity contribution in [2.75, 3.05) is 19.5 Å². The fourth-order valence-electron chi connectivity index (χ4n) is 3.70. The van der Waals surface area contributed by atoms with Gasteiger partial charge >= 0.3 is 0 Å². The van der Waals surface area contributed by atoms with Gasteiger partial charge < -0.3 is 20.1 Å². The molecule has 6 heteroatoms. The first kappa shape index (κ1) is 23.6. The van der Waals surface area contributed by atoms with Gasteiger partial charge in [-0.3, -0.25) is 9.59 Å². The van der Waals surface area contributed by atoms with Gasteiger partial charge in [0.2, 0.25) is 0 Å². The molecule has 35 heavy (non-hydrogen) atoms. The van der Waals surface area contributed by atoms with Crippen molar-refractivity contribution in [1.82, 2.24) is 5.32 Å². The molecule has 6 nitrogen and oxygen atoms in total. The molecule has 0 aromatic heterocycles. The molecule has 0 saturated heterocycles. The van der Waals surface area contributed by atoms with Gasteiger partial charge in [-0.1, -0.05) is 60.2 Å². The Morgan fingerprint density at radius 1 is 0.800 bits per heavy atom. The Balaban J connectivity index is 1.70. The molecule has 0 aliphatic carbocycles. The maximum absolute atomic E-state index is 13.3. The van der Waals surface area contributed by atoms with Crippen LogP contribution in [0.2, 0.25) is 0 Å². The number of hydrogen-bond acceptors (Lipinski definition) is 4. The van der Waals surface area contributed by atoms with Crippen LogP contribution >= 0.6 is 0 Å². The number of carbonyl (C=O) groups excluding carboxylic acids is 2. The van der Waals surface area contributed by atoms with E-state index in [-0.39, 0.29) is 5.70 Å². The smallest absolute Gasteiger partial charge is 0.272 e. The first-order valence-corrected chi connectivity index (χ1v) is 11.1. The fraction of sp³-hybridized carbons (Fsp3) is 0.103. The lowest BCUT2D eigenvalue weighted by Crippen LogP contribution is -2.30. The summed E-state index contributed by atoms with van der Waals surface area (Å²) in [7, 11) is 3.03. The average Bonchev–Trinajstić information content (AvgIpc) is 2.89. The lowest BCUT2D eigenvalue weighted by Gasteiger charge is -2.13. The molecule has 0 fully saturated rings. The summed E-state index contributed by atoms with van der Waals surface area (Å²) in [5.74, 6) is 0.0450. The number of rotatable bonds is 7. The summed E-state index contributed by atoms with van der Waals surface area (Å²) in [5.41, 5.74) is 2.96. The molecule has 2 amide bonds. The summed E-state index contributed by atoms with van der Waals surface area (Å²) in [6, 6.07) is 26.0. The van der Waals surface area contributed by atoms with Crippen molar-refractivity contribution in [3.05, 3.63) is 107 Å². The maximum atomic E-state index is 13.3. The zero-order valence-corrected chi connectivity index (χ0v) is 19.8. The van der Waals surface area contributed by atoms with E-state index in [1.165, 1.54) is 14.2 Å². The Labute approximate surface area is 204 Å². The molecule has 2 N–H and O–H groups in total. The molecular formula is C29H26N2O4. The molecule has 176 valence electrons. The molecule has 0 aliphatic heterocycles. The van der Waals surface area contributed by atoms with Crippen molar-refractivity contribution < 1.29 is 19.1 Å². The van der Waals surface area contributed by atoms with Gasteiger partial charge in [-0.05, 0) is 59.7 Å². The number of methoxy groups -OCH3 is 2. The van der Waals surface area contributed by atoms with E-state index >= 15 is 0 Å². The SMILES string of the molecule is COc1ccc(C(=O)N/C(=C\c2cccc3ccccc23)C(=O)Nc2ccc(C)cc2)cc1OC. The number of benzene rings is 4. The van der Waals surface area contributed by atoms with Gasteiger partial charge in [0.15, 0.2) is 11.5 Å². The van der Waals surface area contributed by atoms with E-state index in [9.17, 15) is 9.59 Å². The van der Waals surface area contributed by atoms with Gasteiger partial charge in [-0.2, -0.15) is 0 Å². The zero-order valence-electron chi connectivity index (χ0n) is 19.8. The molecule has 0 aliphatic rings. The monoisotopic (exact) mass is 466 g/mol. The van der Waals surface area contributed by atoms with Gasteiger partial charge in [-0.25, -0.2) is 0 Å². The Hall–Kier alpha value is -4.58. The predicted octanol–water partition coefficient (Wildman–Crippen LogP) is 5.58. The Bertz CT molecular complexity index is 1400. The van der Waals surface area contributed by atoms with Crippen molar-refractivity contribution >= 4 is 34.4 Å². The molecule has 4 aromatic rings. The van der Waals surface area contributed by atoms with Crippen molar-refractivity contribution in [2.24, 2.45) is 0 Å². The van der Waals surface area contributed by atoms with Crippen molar-refractivity contribution in [3.8, 4) is 11.5 Å². The number of carbonyl (C=O) groups is 2. The predicted molar refractivity (Wildman–Crippen MR) is 139 cm³/mol. The fourth-order valence-corrected chi connectivity index (χ4v) is 3.70. The third-order valence-corrected chi connectivity index (χ3v) is 5.57. The van der Waals surface area contributed by atoms with Gasteiger partial charge in [0.1, 0.15) is 5.70 Å². The van der Waals surface area contributed by atoms with Gasteiger partial charge in [0.05, 0.1) is 14.2 Å². The summed E-state index contributed by atoms with van der Waals surface area (Å²) < 4.78 is 10.6. The normalized spacial score (nSPS) is 11.1. The van der Waals surface area contributed by atoms with E-state index in [1.54, 1.807) is 24.3 Å². The Morgan fingerprint density at radius 3 is 2.26 bits per heavy atom. The number of aryl methyl sites for hydroxylation is 1. The summed E-state index contributed by atoms with van der Waals surface area (Å²) in [6.07, 6.45) is 1.69. The van der Waals surface area contributed by atoms with Crippen LogP contribution in [0.15, 0.2) is 90.6 Å². The van der Waals surface area contributed by atoms with Crippen LogP contribution in [-0.2, 0) is 4.79 Å². The first-order chi connectivity index (χ1) is 17.0.